The third-order valence-corrected chi connectivity index (χ3v) is 3.39. The Bertz CT molecular complexity index is 577. The van der Waals surface area contributed by atoms with Crippen molar-refractivity contribution < 1.29 is 13.9 Å². The lowest BCUT2D eigenvalue weighted by Gasteiger charge is -2.14. The van der Waals surface area contributed by atoms with Crippen LogP contribution in [0.2, 0.25) is 0 Å². The molecule has 0 aliphatic carbocycles. The molecule has 0 atom stereocenters. The van der Waals surface area contributed by atoms with E-state index in [4.69, 9.17) is 21.1 Å². The van der Waals surface area contributed by atoms with Crippen LogP contribution in [-0.2, 0) is 12.5 Å². The molecule has 106 valence electrons. The molecule has 0 radical (unpaired) electrons. The maximum Gasteiger partial charge on any atom is 0.166 e. The van der Waals surface area contributed by atoms with Crippen LogP contribution in [-0.4, -0.2) is 7.11 Å². The molecular formula is C16H16ClFO2. The Balaban J connectivity index is 2.22. The zero-order chi connectivity index (χ0) is 14.5. The minimum absolute atomic E-state index is 0.245. The molecule has 2 aromatic rings. The van der Waals surface area contributed by atoms with Crippen molar-refractivity contribution in [1.82, 2.24) is 0 Å². The summed E-state index contributed by atoms with van der Waals surface area (Å²) < 4.78 is 24.2. The van der Waals surface area contributed by atoms with E-state index in [1.165, 1.54) is 12.1 Å². The Morgan fingerprint density at radius 2 is 1.95 bits per heavy atom. The van der Waals surface area contributed by atoms with Crippen LogP contribution in [0, 0.1) is 12.7 Å². The van der Waals surface area contributed by atoms with Gasteiger partial charge < -0.3 is 9.47 Å². The second-order valence-electron chi connectivity index (χ2n) is 4.44. The quantitative estimate of drug-likeness (QED) is 0.758. The van der Waals surface area contributed by atoms with Crippen LogP contribution in [0.1, 0.15) is 16.7 Å². The van der Waals surface area contributed by atoms with E-state index in [1.54, 1.807) is 13.2 Å². The Labute approximate surface area is 123 Å². The van der Waals surface area contributed by atoms with Crippen molar-refractivity contribution in [3.63, 3.8) is 0 Å². The van der Waals surface area contributed by atoms with Crippen molar-refractivity contribution in [2.75, 3.05) is 7.11 Å². The molecule has 0 aromatic heterocycles. The average molecular weight is 295 g/mol. The first-order chi connectivity index (χ1) is 9.65. The highest BCUT2D eigenvalue weighted by Crippen LogP contribution is 2.32. The summed E-state index contributed by atoms with van der Waals surface area (Å²) in [6.45, 7) is 2.20. The average Bonchev–Trinajstić information content (AvgIpc) is 2.46. The number of hydrogen-bond donors (Lipinski definition) is 0. The zero-order valence-electron chi connectivity index (χ0n) is 11.5. The number of hydrogen-bond acceptors (Lipinski definition) is 2. The van der Waals surface area contributed by atoms with Crippen LogP contribution in [0.15, 0.2) is 36.4 Å². The van der Waals surface area contributed by atoms with Crippen LogP contribution >= 0.6 is 11.6 Å². The Morgan fingerprint density at radius 3 is 2.60 bits per heavy atom. The van der Waals surface area contributed by atoms with E-state index in [0.29, 0.717) is 24.0 Å². The molecule has 2 aromatic carbocycles. The first-order valence-electron chi connectivity index (χ1n) is 6.25. The lowest BCUT2D eigenvalue weighted by molar-refractivity contribution is 0.281. The Morgan fingerprint density at radius 1 is 1.15 bits per heavy atom. The van der Waals surface area contributed by atoms with Crippen molar-refractivity contribution in [3.8, 4) is 11.5 Å². The largest absolute Gasteiger partial charge is 0.493 e. The molecular weight excluding hydrogens is 279 g/mol. The monoisotopic (exact) mass is 294 g/mol. The molecule has 0 fully saturated rings. The minimum Gasteiger partial charge on any atom is -0.493 e. The molecule has 0 bridgehead atoms. The van der Waals surface area contributed by atoms with Gasteiger partial charge in [-0.05, 0) is 36.2 Å². The summed E-state index contributed by atoms with van der Waals surface area (Å²) in [6.07, 6.45) is 0. The highest BCUT2D eigenvalue weighted by atomic mass is 35.5. The van der Waals surface area contributed by atoms with Crippen LogP contribution in [0.25, 0.3) is 0 Å². The van der Waals surface area contributed by atoms with Crippen LogP contribution < -0.4 is 9.47 Å². The number of halogens is 2. The number of benzene rings is 2. The normalized spacial score (nSPS) is 10.4. The molecule has 0 spiro atoms. The lowest BCUT2D eigenvalue weighted by Crippen LogP contribution is -2.02. The molecule has 0 heterocycles. The maximum absolute atomic E-state index is 13.1. The van der Waals surface area contributed by atoms with Gasteiger partial charge in [0, 0.05) is 5.56 Å². The van der Waals surface area contributed by atoms with E-state index in [2.05, 4.69) is 0 Å². The van der Waals surface area contributed by atoms with Gasteiger partial charge in [-0.15, -0.1) is 11.6 Å². The van der Waals surface area contributed by atoms with Crippen molar-refractivity contribution in [2.45, 2.75) is 19.4 Å². The molecule has 2 rings (SSSR count). The third-order valence-electron chi connectivity index (χ3n) is 3.10. The van der Waals surface area contributed by atoms with Gasteiger partial charge in [0.2, 0.25) is 0 Å². The Kier molecular flexibility index (Phi) is 4.85. The van der Waals surface area contributed by atoms with Crippen LogP contribution in [0.4, 0.5) is 4.39 Å². The van der Waals surface area contributed by atoms with Crippen LogP contribution in [0.3, 0.4) is 0 Å². The van der Waals surface area contributed by atoms with Gasteiger partial charge in [0.1, 0.15) is 12.4 Å². The van der Waals surface area contributed by atoms with Crippen molar-refractivity contribution in [3.05, 3.63) is 58.9 Å². The summed E-state index contributed by atoms with van der Waals surface area (Å²) in [5.74, 6) is 1.37. The molecule has 0 aliphatic heterocycles. The zero-order valence-corrected chi connectivity index (χ0v) is 12.2. The summed E-state index contributed by atoms with van der Waals surface area (Å²) in [7, 11) is 1.59. The van der Waals surface area contributed by atoms with Gasteiger partial charge in [0.25, 0.3) is 0 Å². The maximum atomic E-state index is 13.1. The predicted octanol–water partition coefficient (Wildman–Crippen LogP) is 4.46. The summed E-state index contributed by atoms with van der Waals surface area (Å²) in [5, 5.41) is 0. The van der Waals surface area contributed by atoms with Crippen molar-refractivity contribution in [1.29, 1.82) is 0 Å². The number of alkyl halides is 1. The van der Waals surface area contributed by atoms with E-state index >= 15 is 0 Å². The topological polar surface area (TPSA) is 18.5 Å². The SMILES string of the molecule is COc1cccc(CCl)c1OCc1ccc(F)cc1C. The van der Waals surface area contributed by atoms with Crippen molar-refractivity contribution in [2.24, 2.45) is 0 Å². The molecule has 0 saturated heterocycles. The van der Waals surface area contributed by atoms with E-state index < -0.39 is 0 Å². The van der Waals surface area contributed by atoms with E-state index in [1.807, 2.05) is 25.1 Å². The molecule has 0 saturated carbocycles. The first kappa shape index (κ1) is 14.7. The summed E-state index contributed by atoms with van der Waals surface area (Å²) in [6, 6.07) is 10.2. The fraction of sp³-hybridized carbons (Fsp3) is 0.250. The first-order valence-corrected chi connectivity index (χ1v) is 6.79. The third kappa shape index (κ3) is 3.23. The Hall–Kier alpha value is -1.74. The molecule has 0 amide bonds. The molecule has 0 aliphatic rings. The predicted molar refractivity (Wildman–Crippen MR) is 78.0 cm³/mol. The van der Waals surface area contributed by atoms with E-state index in [0.717, 1.165) is 16.7 Å². The smallest absolute Gasteiger partial charge is 0.166 e. The molecule has 2 nitrogen and oxygen atoms in total. The number of rotatable bonds is 5. The van der Waals surface area contributed by atoms with Gasteiger partial charge >= 0.3 is 0 Å². The fourth-order valence-electron chi connectivity index (χ4n) is 1.96. The van der Waals surface area contributed by atoms with Crippen LogP contribution in [0.5, 0.6) is 11.5 Å². The van der Waals surface area contributed by atoms with Gasteiger partial charge in [-0.3, -0.25) is 0 Å². The number of para-hydroxylation sites is 1. The summed E-state index contributed by atoms with van der Waals surface area (Å²) >= 11 is 5.91. The molecule has 20 heavy (non-hydrogen) atoms. The second kappa shape index (κ2) is 6.62. The molecule has 0 N–H and O–H groups in total. The standard InChI is InChI=1S/C16H16ClFO2/c1-11-8-14(18)7-6-13(11)10-20-16-12(9-17)4-3-5-15(16)19-2/h3-8H,9-10H2,1-2H3. The highest BCUT2D eigenvalue weighted by Gasteiger charge is 2.10. The van der Waals surface area contributed by atoms with Gasteiger partial charge in [0.05, 0.1) is 13.0 Å². The van der Waals surface area contributed by atoms with Crippen molar-refractivity contribution >= 4 is 11.6 Å². The molecule has 4 heteroatoms. The molecule has 0 unspecified atom stereocenters. The number of ether oxygens (including phenoxy) is 2. The van der Waals surface area contributed by atoms with Gasteiger partial charge in [-0.1, -0.05) is 18.2 Å². The second-order valence-corrected chi connectivity index (χ2v) is 4.71. The summed E-state index contributed by atoms with van der Waals surface area (Å²) in [4.78, 5) is 0. The highest BCUT2D eigenvalue weighted by molar-refractivity contribution is 6.17. The van der Waals surface area contributed by atoms with E-state index in [-0.39, 0.29) is 5.82 Å². The number of methoxy groups -OCH3 is 1. The minimum atomic E-state index is -0.245. The van der Waals surface area contributed by atoms with E-state index in [9.17, 15) is 4.39 Å². The lowest BCUT2D eigenvalue weighted by atomic mass is 10.1. The van der Waals surface area contributed by atoms with Gasteiger partial charge in [0.15, 0.2) is 11.5 Å². The fourth-order valence-corrected chi connectivity index (χ4v) is 2.17. The summed E-state index contributed by atoms with van der Waals surface area (Å²) in [5.41, 5.74) is 2.65. The van der Waals surface area contributed by atoms with Gasteiger partial charge in [-0.2, -0.15) is 0 Å². The van der Waals surface area contributed by atoms with Gasteiger partial charge in [-0.25, -0.2) is 4.39 Å². The number of aryl methyl sites for hydroxylation is 1.